The molecule has 0 spiro atoms. The Morgan fingerprint density at radius 1 is 1.37 bits per heavy atom. The van der Waals surface area contributed by atoms with Crippen molar-refractivity contribution in [1.29, 1.82) is 0 Å². The Morgan fingerprint density at radius 2 is 2.05 bits per heavy atom. The minimum atomic E-state index is -1.11. The Morgan fingerprint density at radius 3 is 2.63 bits per heavy atom. The van der Waals surface area contributed by atoms with Gasteiger partial charge in [-0.05, 0) is 24.7 Å². The van der Waals surface area contributed by atoms with Gasteiger partial charge in [0.1, 0.15) is 5.75 Å². The minimum Gasteiger partial charge on any atom is -0.506 e. The second-order valence-electron chi connectivity index (χ2n) is 4.24. The van der Waals surface area contributed by atoms with Gasteiger partial charge in [0.05, 0.1) is 11.3 Å². The van der Waals surface area contributed by atoms with Crippen LogP contribution in [0.5, 0.6) is 5.75 Å². The molecule has 1 unspecified atom stereocenters. The molecule has 19 heavy (non-hydrogen) atoms. The first-order valence-electron chi connectivity index (χ1n) is 6.03. The fourth-order valence-electron chi connectivity index (χ4n) is 1.48. The third-order valence-corrected chi connectivity index (χ3v) is 2.65. The third-order valence-electron chi connectivity index (χ3n) is 2.65. The van der Waals surface area contributed by atoms with Gasteiger partial charge in [0, 0.05) is 12.5 Å². The molecule has 0 aromatic heterocycles. The summed E-state index contributed by atoms with van der Waals surface area (Å²) in [6.45, 7) is 4.96. The number of carboxylic acids is 1. The number of amides is 1. The van der Waals surface area contributed by atoms with Gasteiger partial charge in [0.15, 0.2) is 0 Å². The molecule has 6 nitrogen and oxygen atoms in total. The van der Waals surface area contributed by atoms with Crippen molar-refractivity contribution < 1.29 is 19.8 Å². The maximum absolute atomic E-state index is 11.8. The van der Waals surface area contributed by atoms with Crippen LogP contribution in [-0.2, 0) is 4.79 Å². The molecule has 1 atom stereocenters. The summed E-state index contributed by atoms with van der Waals surface area (Å²) in [6, 6.07) is 3.75. The Balaban J connectivity index is 2.78. The van der Waals surface area contributed by atoms with Crippen molar-refractivity contribution in [3.05, 3.63) is 23.8 Å². The number of carbonyl (C=O) groups excluding carboxylic acids is 1. The molecule has 1 rings (SSSR count). The molecule has 4 N–H and O–H groups in total. The van der Waals surface area contributed by atoms with Crippen LogP contribution in [0.3, 0.4) is 0 Å². The van der Waals surface area contributed by atoms with Crippen LogP contribution in [0.1, 0.15) is 24.2 Å². The zero-order valence-corrected chi connectivity index (χ0v) is 10.9. The lowest BCUT2D eigenvalue weighted by molar-refractivity contribution is -0.119. The van der Waals surface area contributed by atoms with Crippen LogP contribution in [-0.4, -0.2) is 35.2 Å². The highest BCUT2D eigenvalue weighted by Crippen LogP contribution is 2.24. The first-order valence-corrected chi connectivity index (χ1v) is 6.03. The van der Waals surface area contributed by atoms with E-state index in [1.165, 1.54) is 18.2 Å². The molecule has 0 aliphatic rings. The summed E-state index contributed by atoms with van der Waals surface area (Å²) < 4.78 is 0. The maximum atomic E-state index is 11.8. The molecular formula is C13H18N2O4. The Kier molecular flexibility index (Phi) is 5.32. The molecule has 1 amide bonds. The molecule has 0 aliphatic carbocycles. The van der Waals surface area contributed by atoms with E-state index in [-0.39, 0.29) is 28.8 Å². The van der Waals surface area contributed by atoms with Gasteiger partial charge in [0.25, 0.3) is 0 Å². The summed E-state index contributed by atoms with van der Waals surface area (Å²) in [6.07, 6.45) is 0. The van der Waals surface area contributed by atoms with E-state index in [4.69, 9.17) is 5.11 Å². The van der Waals surface area contributed by atoms with Crippen LogP contribution in [0.2, 0.25) is 0 Å². The van der Waals surface area contributed by atoms with E-state index < -0.39 is 5.97 Å². The Hall–Kier alpha value is -2.08. The highest BCUT2D eigenvalue weighted by Gasteiger charge is 2.15. The highest BCUT2D eigenvalue weighted by atomic mass is 16.4. The van der Waals surface area contributed by atoms with Gasteiger partial charge in [-0.3, -0.25) is 4.79 Å². The van der Waals surface area contributed by atoms with E-state index >= 15 is 0 Å². The number of carbonyl (C=O) groups is 2. The lowest BCUT2D eigenvalue weighted by Crippen LogP contribution is -2.30. The average Bonchev–Trinajstić information content (AvgIpc) is 2.38. The van der Waals surface area contributed by atoms with E-state index in [1.54, 1.807) is 6.92 Å². The van der Waals surface area contributed by atoms with E-state index in [0.29, 0.717) is 6.54 Å². The van der Waals surface area contributed by atoms with Crippen molar-refractivity contribution in [2.75, 3.05) is 18.4 Å². The average molecular weight is 266 g/mol. The zero-order chi connectivity index (χ0) is 14.4. The minimum absolute atomic E-state index is 0.00689. The van der Waals surface area contributed by atoms with Crippen LogP contribution in [0.25, 0.3) is 0 Å². The predicted octanol–water partition coefficient (Wildman–Crippen LogP) is 1.27. The third kappa shape index (κ3) is 4.26. The Labute approximate surface area is 111 Å². The number of phenolic OH excluding ortho intramolecular Hbond substituents is 1. The van der Waals surface area contributed by atoms with E-state index in [9.17, 15) is 14.7 Å². The first kappa shape index (κ1) is 15.0. The van der Waals surface area contributed by atoms with E-state index in [0.717, 1.165) is 6.54 Å². The van der Waals surface area contributed by atoms with Crippen molar-refractivity contribution in [2.24, 2.45) is 5.92 Å². The lowest BCUT2D eigenvalue weighted by atomic mass is 10.1. The number of carboxylic acid groups (broad SMARTS) is 1. The van der Waals surface area contributed by atoms with Crippen LogP contribution in [0.4, 0.5) is 5.69 Å². The van der Waals surface area contributed by atoms with Gasteiger partial charge >= 0.3 is 5.97 Å². The summed E-state index contributed by atoms with van der Waals surface area (Å²) >= 11 is 0. The summed E-state index contributed by atoms with van der Waals surface area (Å²) in [5.74, 6) is -1.84. The van der Waals surface area contributed by atoms with E-state index in [1.807, 2.05) is 6.92 Å². The number of phenols is 1. The molecular weight excluding hydrogens is 248 g/mol. The van der Waals surface area contributed by atoms with E-state index in [2.05, 4.69) is 10.6 Å². The number of rotatable bonds is 6. The Bertz CT molecular complexity index is 474. The molecule has 6 heteroatoms. The molecule has 0 radical (unpaired) electrons. The van der Waals surface area contributed by atoms with Gasteiger partial charge < -0.3 is 20.8 Å². The number of aromatic carboxylic acids is 1. The number of hydrogen-bond donors (Lipinski definition) is 4. The normalized spacial score (nSPS) is 11.9. The number of nitrogens with one attached hydrogen (secondary N) is 2. The van der Waals surface area contributed by atoms with Crippen LogP contribution < -0.4 is 10.6 Å². The van der Waals surface area contributed by atoms with Crippen molar-refractivity contribution in [1.82, 2.24) is 5.32 Å². The lowest BCUT2D eigenvalue weighted by Gasteiger charge is -2.13. The predicted molar refractivity (Wildman–Crippen MR) is 71.4 cm³/mol. The molecule has 0 saturated carbocycles. The van der Waals surface area contributed by atoms with Gasteiger partial charge in [-0.2, -0.15) is 0 Å². The summed E-state index contributed by atoms with van der Waals surface area (Å²) in [4.78, 5) is 22.7. The number of aromatic hydroxyl groups is 1. The largest absolute Gasteiger partial charge is 0.506 e. The molecule has 104 valence electrons. The molecule has 0 bridgehead atoms. The number of hydrogen-bond acceptors (Lipinski definition) is 4. The smallest absolute Gasteiger partial charge is 0.335 e. The molecule has 0 aliphatic heterocycles. The van der Waals surface area contributed by atoms with Gasteiger partial charge in [-0.25, -0.2) is 4.79 Å². The van der Waals surface area contributed by atoms with Gasteiger partial charge in [0.2, 0.25) is 5.91 Å². The summed E-state index contributed by atoms with van der Waals surface area (Å²) in [5.41, 5.74) is 0.112. The SMILES string of the molecule is CCNCC(C)C(=O)Nc1cc(C(=O)O)ccc1O. The van der Waals surface area contributed by atoms with Crippen LogP contribution >= 0.6 is 0 Å². The van der Waals surface area contributed by atoms with Crippen molar-refractivity contribution in [3.63, 3.8) is 0 Å². The molecule has 0 fully saturated rings. The van der Waals surface area contributed by atoms with Gasteiger partial charge in [-0.15, -0.1) is 0 Å². The maximum Gasteiger partial charge on any atom is 0.335 e. The summed E-state index contributed by atoms with van der Waals surface area (Å²) in [7, 11) is 0. The monoisotopic (exact) mass is 266 g/mol. The van der Waals surface area contributed by atoms with Gasteiger partial charge in [-0.1, -0.05) is 13.8 Å². The first-order chi connectivity index (χ1) is 8.95. The fourth-order valence-corrected chi connectivity index (χ4v) is 1.48. The molecule has 1 aromatic carbocycles. The second kappa shape index (κ2) is 6.75. The zero-order valence-electron chi connectivity index (χ0n) is 10.9. The van der Waals surface area contributed by atoms with Crippen molar-refractivity contribution in [2.45, 2.75) is 13.8 Å². The number of benzene rings is 1. The quantitative estimate of drug-likeness (QED) is 0.581. The topological polar surface area (TPSA) is 98.7 Å². The highest BCUT2D eigenvalue weighted by molar-refractivity contribution is 5.96. The van der Waals surface area contributed by atoms with Crippen LogP contribution in [0, 0.1) is 5.92 Å². The molecule has 0 heterocycles. The van der Waals surface area contributed by atoms with Crippen LogP contribution in [0.15, 0.2) is 18.2 Å². The molecule has 1 aromatic rings. The van der Waals surface area contributed by atoms with Crippen molar-refractivity contribution >= 4 is 17.6 Å². The molecule has 0 saturated heterocycles. The fraction of sp³-hybridized carbons (Fsp3) is 0.385. The second-order valence-corrected chi connectivity index (χ2v) is 4.24. The van der Waals surface area contributed by atoms with Crippen molar-refractivity contribution in [3.8, 4) is 5.75 Å². The standard InChI is InChI=1S/C13H18N2O4/c1-3-14-7-8(2)12(17)15-10-6-9(13(18)19)4-5-11(10)16/h4-6,8,14,16H,3,7H2,1-2H3,(H,15,17)(H,18,19). The summed E-state index contributed by atoms with van der Waals surface area (Å²) in [5, 5.41) is 24.0. The number of anilines is 1.